The molecule has 15 N–H and O–H groups in total. The average molecular weight is 1450 g/mol. The number of rotatable bonds is 46. The number of phenols is 1. The number of ether oxygens (including phenoxy) is 3. The second-order valence-electron chi connectivity index (χ2n) is 27.5. The van der Waals surface area contributed by atoms with E-state index in [1.807, 2.05) is 41.5 Å². The van der Waals surface area contributed by atoms with Crippen molar-refractivity contribution in [2.75, 3.05) is 95.4 Å². The number of hydrogen-bond donors (Lipinski definition) is 15. The number of anilines is 2. The molecule has 2 aromatic rings. The van der Waals surface area contributed by atoms with Gasteiger partial charge in [0, 0.05) is 56.5 Å². The number of thiol groups is 1. The Morgan fingerprint density at radius 2 is 1.29 bits per heavy atom. The summed E-state index contributed by atoms with van der Waals surface area (Å²) in [6.45, 7) is 19.0. The monoisotopic (exact) mass is 1450 g/mol. The Labute approximate surface area is 594 Å². The van der Waals surface area contributed by atoms with Crippen LogP contribution in [0.3, 0.4) is 0 Å². The van der Waals surface area contributed by atoms with Gasteiger partial charge >= 0.3 is 0 Å². The van der Waals surface area contributed by atoms with E-state index in [0.717, 1.165) is 10.8 Å². The van der Waals surface area contributed by atoms with Gasteiger partial charge in [-0.05, 0) is 115 Å². The van der Waals surface area contributed by atoms with E-state index in [1.54, 1.807) is 44.7 Å². The molecule has 0 bridgehead atoms. The van der Waals surface area contributed by atoms with Crippen LogP contribution in [0, 0.1) is 17.8 Å². The van der Waals surface area contributed by atoms with E-state index in [0.29, 0.717) is 50.6 Å². The van der Waals surface area contributed by atoms with Gasteiger partial charge in [0.25, 0.3) is 16.8 Å². The molecule has 2 heterocycles. The first-order chi connectivity index (χ1) is 47.2. The Balaban J connectivity index is 1.32. The minimum Gasteiger partial charge on any atom is -0.508 e. The van der Waals surface area contributed by atoms with E-state index < -0.39 is 149 Å². The van der Waals surface area contributed by atoms with Gasteiger partial charge in [-0.3, -0.25) is 57.5 Å². The van der Waals surface area contributed by atoms with E-state index in [2.05, 4.69) is 64.8 Å². The normalized spacial score (nSPS) is 17.3. The summed E-state index contributed by atoms with van der Waals surface area (Å²) in [7, 11) is 1.03. The number of nitrogens with two attached hydrogens (primary N) is 1. The van der Waals surface area contributed by atoms with Crippen LogP contribution in [0.2, 0.25) is 0 Å². The summed E-state index contributed by atoms with van der Waals surface area (Å²) in [5.74, 6) is -6.74. The van der Waals surface area contributed by atoms with Gasteiger partial charge in [-0.15, -0.1) is 11.7 Å². The molecule has 2 aliphatic heterocycles. The summed E-state index contributed by atoms with van der Waals surface area (Å²) in [5, 5.41) is 57.8. The molecule has 2 unspecified atom stereocenters. The van der Waals surface area contributed by atoms with E-state index in [4.69, 9.17) is 25.1 Å². The summed E-state index contributed by atoms with van der Waals surface area (Å²) < 4.78 is 16.8. The summed E-state index contributed by atoms with van der Waals surface area (Å²) in [6.07, 6.45) is 3.06. The summed E-state index contributed by atoms with van der Waals surface area (Å²) in [6, 6.07) is -3.46. The standard InChI is InChI=1S/C67H109N13O18S2/c1-12-40(6)52(62(92)74-47(33-42-17-19-44(83)20-18-42)64(94)79-24-13-15-43(79)34-71-45(31-38(2)3)58(88)73-46(32-39(4)5)59(89)76-49(37-100-99)57(68)87)77-60(90)48(35-82)75-61(91)50-16-14-25-80(50)63(93)41(7)72-51(84)36-97-30-29-96-28-23-69-53-54(56(86)55(53)85)78-66(8,9)21-27-98-67(10,11)65(95)70-22-26-81/h17-20,38-41,43,45-50,52,69,71,78,81-83,99H,12-16,21-37H2,1-11H3,(H2,68,87)(H,70,95)(H,72,84)(H,73,88)(H,74,92)(H,75,91)(H,76,89)(H,77,90)/t40?,41?,43-,45+,46+,47+,48+,49+,50+,52+/m1/s1. The molecule has 0 radical (unpaired) electrons. The van der Waals surface area contributed by atoms with Crippen LogP contribution in [0.1, 0.15) is 133 Å². The highest BCUT2D eigenvalue weighted by molar-refractivity contribution is 8.68. The van der Waals surface area contributed by atoms with Crippen LogP contribution in [0.5, 0.6) is 5.75 Å². The van der Waals surface area contributed by atoms with E-state index >= 15 is 0 Å². The summed E-state index contributed by atoms with van der Waals surface area (Å²) >= 11 is 4.10. The lowest BCUT2D eigenvalue weighted by Crippen LogP contribution is -2.61. The Morgan fingerprint density at radius 3 is 1.92 bits per heavy atom. The first-order valence-corrected chi connectivity index (χ1v) is 36.4. The number of carbonyl (C=O) groups is 10. The van der Waals surface area contributed by atoms with Crippen LogP contribution in [0.25, 0.3) is 0 Å². The average Bonchev–Trinajstić information content (AvgIpc) is 0.909. The molecule has 33 heteroatoms. The molecule has 10 amide bonds. The number of carbonyl (C=O) groups excluding carboxylic acids is 10. The topological polar surface area (TPSA) is 446 Å². The highest BCUT2D eigenvalue weighted by Gasteiger charge is 2.41. The Morgan fingerprint density at radius 1 is 0.690 bits per heavy atom. The fourth-order valence-corrected chi connectivity index (χ4v) is 12.3. The third-order valence-electron chi connectivity index (χ3n) is 17.4. The summed E-state index contributed by atoms with van der Waals surface area (Å²) in [4.78, 5) is 164. The molecule has 0 spiro atoms. The molecule has 100 heavy (non-hydrogen) atoms. The number of primary amides is 1. The van der Waals surface area contributed by atoms with Crippen molar-refractivity contribution in [3.05, 3.63) is 50.3 Å². The maximum atomic E-state index is 14.9. The van der Waals surface area contributed by atoms with Crippen molar-refractivity contribution < 1.29 is 77.5 Å². The van der Waals surface area contributed by atoms with Crippen molar-refractivity contribution in [1.29, 1.82) is 0 Å². The third-order valence-corrected chi connectivity index (χ3v) is 18.3. The molecule has 4 rings (SSSR count). The molecule has 2 aliphatic rings. The van der Waals surface area contributed by atoms with Crippen LogP contribution in [0.15, 0.2) is 33.9 Å². The number of hydrogen-bond acceptors (Lipinski definition) is 23. The first kappa shape index (κ1) is 85.3. The van der Waals surface area contributed by atoms with Gasteiger partial charge in [0.15, 0.2) is 0 Å². The number of likely N-dealkylation sites (tertiary alicyclic amines) is 2. The fraction of sp³-hybridized carbons (Fsp3) is 0.701. The van der Waals surface area contributed by atoms with E-state index in [9.17, 15) is 67.7 Å². The van der Waals surface area contributed by atoms with Crippen molar-refractivity contribution in [1.82, 2.24) is 52.3 Å². The smallest absolute Gasteiger partial charge is 0.253 e. The number of aliphatic hydroxyl groups excluding tert-OH is 2. The number of aliphatic hydroxyl groups is 2. The summed E-state index contributed by atoms with van der Waals surface area (Å²) in [5.41, 5.74) is 3.08. The predicted molar refractivity (Wildman–Crippen MR) is 380 cm³/mol. The molecule has 562 valence electrons. The minimum atomic E-state index is -1.59. The highest BCUT2D eigenvalue weighted by atomic mass is 33.1. The van der Waals surface area contributed by atoms with Gasteiger partial charge in [-0.1, -0.05) is 70.9 Å². The van der Waals surface area contributed by atoms with Crippen molar-refractivity contribution >= 4 is 92.9 Å². The zero-order valence-electron chi connectivity index (χ0n) is 59.6. The molecule has 2 saturated heterocycles. The van der Waals surface area contributed by atoms with Gasteiger partial charge in [-0.2, -0.15) is 0 Å². The Kier molecular flexibility index (Phi) is 35.6. The van der Waals surface area contributed by atoms with Gasteiger partial charge in [0.1, 0.15) is 71.6 Å². The lowest BCUT2D eigenvalue weighted by molar-refractivity contribution is -0.143. The van der Waals surface area contributed by atoms with Gasteiger partial charge in [-0.25, -0.2) is 0 Å². The van der Waals surface area contributed by atoms with Gasteiger partial charge < -0.3 is 98.2 Å². The highest BCUT2D eigenvalue weighted by Crippen LogP contribution is 2.25. The molecular weight excluding hydrogens is 1340 g/mol. The number of benzene rings is 1. The zero-order chi connectivity index (χ0) is 74.6. The van der Waals surface area contributed by atoms with Crippen molar-refractivity contribution in [2.24, 2.45) is 23.5 Å². The number of aromatic hydroxyl groups is 1. The largest absolute Gasteiger partial charge is 0.508 e. The molecule has 0 aliphatic carbocycles. The molecule has 2 fully saturated rings. The lowest BCUT2D eigenvalue weighted by Gasteiger charge is -2.33. The van der Waals surface area contributed by atoms with Crippen LogP contribution in [-0.4, -0.2) is 234 Å². The number of phenolic OH excluding ortho intramolecular Hbond substituents is 1. The second-order valence-corrected chi connectivity index (χ2v) is 28.9. The molecule has 10 atom stereocenters. The predicted octanol–water partition coefficient (Wildman–Crippen LogP) is -0.777. The fourth-order valence-electron chi connectivity index (χ4n) is 11.5. The lowest BCUT2D eigenvalue weighted by atomic mass is 9.96. The van der Waals surface area contributed by atoms with Crippen LogP contribution in [-0.2, 0) is 68.6 Å². The van der Waals surface area contributed by atoms with Gasteiger partial charge in [0.2, 0.25) is 53.2 Å². The molecule has 31 nitrogen and oxygen atoms in total. The minimum absolute atomic E-state index is 0.0208. The quantitative estimate of drug-likeness (QED) is 0.0167. The molecule has 0 saturated carbocycles. The zero-order valence-corrected chi connectivity index (χ0v) is 61.3. The van der Waals surface area contributed by atoms with Crippen molar-refractivity contribution in [3.63, 3.8) is 0 Å². The molecule has 2 aromatic carbocycles. The van der Waals surface area contributed by atoms with Crippen LogP contribution in [0.4, 0.5) is 11.4 Å². The van der Waals surface area contributed by atoms with E-state index in [-0.39, 0.29) is 119 Å². The maximum Gasteiger partial charge on any atom is 0.253 e. The van der Waals surface area contributed by atoms with Crippen molar-refractivity contribution in [2.45, 2.75) is 199 Å². The second kappa shape index (κ2) is 41.7. The Bertz CT molecular complexity index is 3110. The first-order valence-electron chi connectivity index (χ1n) is 34.3. The van der Waals surface area contributed by atoms with Crippen LogP contribution >= 0.6 is 22.5 Å². The maximum absolute atomic E-state index is 14.9. The van der Waals surface area contributed by atoms with Crippen molar-refractivity contribution in [3.8, 4) is 5.75 Å². The SMILES string of the molecule is CCC(C)[C@H](NC(=O)[C@H](CO)NC(=O)[C@@H]1CCCN1C(=O)C(C)NC(=O)COCCOCCNc1c(NC(C)(C)CCOC(C)(C)C(=O)NCCO)c(=O)c1=O)C(=O)N[C@@H](Cc1ccc(O)cc1)C(=O)N1CCC[C@@H]1CN[C@@H](CC(C)C)C(=O)N[C@@H](CC(C)C)C(=O)N[C@@H](CSS)C(N)=O. The number of nitrogens with zero attached hydrogens (tertiary/aromatic N) is 2. The van der Waals surface area contributed by atoms with E-state index in [1.165, 1.54) is 24.0 Å². The van der Waals surface area contributed by atoms with Gasteiger partial charge in [0.05, 0.1) is 45.7 Å². The van der Waals surface area contributed by atoms with Crippen LogP contribution < -0.4 is 69.8 Å². The third kappa shape index (κ3) is 27.0. The molecular formula is C67H109N13O18S2. The number of amides is 10. The molecule has 0 aromatic heterocycles. The number of nitrogens with one attached hydrogen (secondary N) is 10. The Hall–Kier alpha value is -7.14.